The number of hydrogen-bond donors (Lipinski definition) is 1. The predicted octanol–water partition coefficient (Wildman–Crippen LogP) is 2.37. The van der Waals surface area contributed by atoms with Crippen LogP contribution in [0.2, 0.25) is 0 Å². The molecule has 0 saturated heterocycles. The SMILES string of the molecule is CCCN(CC)C(=O)C(N)c1ccccc1.Cl. The summed E-state index contributed by atoms with van der Waals surface area (Å²) in [5.74, 6) is 0.00977. The molecule has 0 aliphatic carbocycles. The monoisotopic (exact) mass is 256 g/mol. The molecule has 3 nitrogen and oxygen atoms in total. The van der Waals surface area contributed by atoms with E-state index in [1.807, 2.05) is 37.3 Å². The van der Waals surface area contributed by atoms with Gasteiger partial charge in [-0.1, -0.05) is 37.3 Å². The lowest BCUT2D eigenvalue weighted by atomic mass is 10.1. The first-order chi connectivity index (χ1) is 7.70. The molecule has 0 saturated carbocycles. The van der Waals surface area contributed by atoms with E-state index in [4.69, 9.17) is 5.73 Å². The van der Waals surface area contributed by atoms with E-state index in [1.165, 1.54) is 0 Å². The molecule has 1 unspecified atom stereocenters. The first-order valence-electron chi connectivity index (χ1n) is 5.80. The highest BCUT2D eigenvalue weighted by Gasteiger charge is 2.20. The quantitative estimate of drug-likeness (QED) is 0.879. The molecule has 17 heavy (non-hydrogen) atoms. The minimum Gasteiger partial charge on any atom is -0.341 e. The second-order valence-electron chi connectivity index (χ2n) is 3.81. The predicted molar refractivity (Wildman–Crippen MR) is 73.2 cm³/mol. The number of benzene rings is 1. The second kappa shape index (κ2) is 8.09. The van der Waals surface area contributed by atoms with Crippen LogP contribution in [0.5, 0.6) is 0 Å². The number of nitrogens with two attached hydrogens (primary N) is 1. The third-order valence-electron chi connectivity index (χ3n) is 2.61. The minimum atomic E-state index is -0.535. The molecule has 0 heterocycles. The Kier molecular flexibility index (Phi) is 7.59. The van der Waals surface area contributed by atoms with E-state index in [-0.39, 0.29) is 18.3 Å². The molecular formula is C13H21ClN2O. The number of halogens is 1. The van der Waals surface area contributed by atoms with E-state index in [9.17, 15) is 4.79 Å². The van der Waals surface area contributed by atoms with Gasteiger partial charge in [-0.2, -0.15) is 0 Å². The molecule has 1 aromatic rings. The van der Waals surface area contributed by atoms with Crippen molar-refractivity contribution in [3.05, 3.63) is 35.9 Å². The fourth-order valence-electron chi connectivity index (χ4n) is 1.69. The summed E-state index contributed by atoms with van der Waals surface area (Å²) in [5.41, 5.74) is 6.83. The fraction of sp³-hybridized carbons (Fsp3) is 0.462. The number of rotatable bonds is 5. The van der Waals surface area contributed by atoms with Crippen molar-refractivity contribution in [2.24, 2.45) is 5.73 Å². The van der Waals surface area contributed by atoms with Crippen LogP contribution in [0.1, 0.15) is 31.9 Å². The molecule has 0 aliphatic rings. The van der Waals surface area contributed by atoms with Gasteiger partial charge in [-0.25, -0.2) is 0 Å². The Bertz CT molecular complexity index is 329. The third kappa shape index (κ3) is 4.36. The highest BCUT2D eigenvalue weighted by atomic mass is 35.5. The summed E-state index contributed by atoms with van der Waals surface area (Å²) in [4.78, 5) is 13.9. The van der Waals surface area contributed by atoms with Crippen LogP contribution in [0.15, 0.2) is 30.3 Å². The van der Waals surface area contributed by atoms with Crippen molar-refractivity contribution in [1.29, 1.82) is 0 Å². The van der Waals surface area contributed by atoms with Crippen LogP contribution in [0.3, 0.4) is 0 Å². The average Bonchev–Trinajstić information content (AvgIpc) is 2.35. The molecule has 0 radical (unpaired) electrons. The summed E-state index contributed by atoms with van der Waals surface area (Å²) in [6.45, 7) is 5.53. The van der Waals surface area contributed by atoms with Gasteiger partial charge in [-0.05, 0) is 18.9 Å². The maximum Gasteiger partial charge on any atom is 0.244 e. The Hall–Kier alpha value is -1.06. The van der Waals surface area contributed by atoms with Crippen molar-refractivity contribution in [1.82, 2.24) is 4.90 Å². The molecule has 1 aromatic carbocycles. The van der Waals surface area contributed by atoms with Gasteiger partial charge in [0.25, 0.3) is 0 Å². The molecule has 1 atom stereocenters. The Balaban J connectivity index is 0.00000256. The maximum absolute atomic E-state index is 12.1. The first kappa shape index (κ1) is 15.9. The highest BCUT2D eigenvalue weighted by Crippen LogP contribution is 2.12. The second-order valence-corrected chi connectivity index (χ2v) is 3.81. The van der Waals surface area contributed by atoms with Gasteiger partial charge in [-0.15, -0.1) is 12.4 Å². The van der Waals surface area contributed by atoms with Crippen LogP contribution >= 0.6 is 12.4 Å². The number of carbonyl (C=O) groups excluding carboxylic acids is 1. The Morgan fingerprint density at radius 1 is 1.29 bits per heavy atom. The summed E-state index contributed by atoms with van der Waals surface area (Å²) in [7, 11) is 0. The zero-order chi connectivity index (χ0) is 12.0. The summed E-state index contributed by atoms with van der Waals surface area (Å²) in [6, 6.07) is 8.97. The van der Waals surface area contributed by atoms with E-state index >= 15 is 0 Å². The molecule has 1 rings (SSSR count). The first-order valence-corrected chi connectivity index (χ1v) is 5.80. The topological polar surface area (TPSA) is 46.3 Å². The number of nitrogens with zero attached hydrogens (tertiary/aromatic N) is 1. The van der Waals surface area contributed by atoms with Gasteiger partial charge in [0, 0.05) is 13.1 Å². The van der Waals surface area contributed by atoms with Gasteiger partial charge in [-0.3, -0.25) is 4.79 Å². The van der Waals surface area contributed by atoms with E-state index in [0.29, 0.717) is 6.54 Å². The van der Waals surface area contributed by atoms with Crippen LogP contribution in [0.25, 0.3) is 0 Å². The minimum absolute atomic E-state index is 0. The standard InChI is InChI=1S/C13H20N2O.ClH/c1-3-10-15(4-2)13(16)12(14)11-8-6-5-7-9-11;/h5-9,12H,3-4,10,14H2,1-2H3;1H. The van der Waals surface area contributed by atoms with Crippen molar-refractivity contribution in [2.45, 2.75) is 26.3 Å². The van der Waals surface area contributed by atoms with Gasteiger partial charge in [0.2, 0.25) is 5.91 Å². The van der Waals surface area contributed by atoms with Crippen molar-refractivity contribution in [3.63, 3.8) is 0 Å². The van der Waals surface area contributed by atoms with E-state index in [2.05, 4.69) is 6.92 Å². The lowest BCUT2D eigenvalue weighted by Crippen LogP contribution is -2.38. The maximum atomic E-state index is 12.1. The van der Waals surface area contributed by atoms with Crippen LogP contribution in [0, 0.1) is 0 Å². The van der Waals surface area contributed by atoms with E-state index < -0.39 is 6.04 Å². The summed E-state index contributed by atoms with van der Waals surface area (Å²) in [6.07, 6.45) is 0.959. The lowest BCUT2D eigenvalue weighted by molar-refractivity contribution is -0.132. The van der Waals surface area contributed by atoms with Gasteiger partial charge in [0.1, 0.15) is 6.04 Å². The molecular weight excluding hydrogens is 236 g/mol. The third-order valence-corrected chi connectivity index (χ3v) is 2.61. The van der Waals surface area contributed by atoms with E-state index in [0.717, 1.165) is 18.5 Å². The molecule has 4 heteroatoms. The van der Waals surface area contributed by atoms with Crippen molar-refractivity contribution in [3.8, 4) is 0 Å². The molecule has 2 N–H and O–H groups in total. The fourth-order valence-corrected chi connectivity index (χ4v) is 1.69. The smallest absolute Gasteiger partial charge is 0.244 e. The highest BCUT2D eigenvalue weighted by molar-refractivity contribution is 5.85. The number of likely N-dealkylation sites (N-methyl/N-ethyl adjacent to an activating group) is 1. The summed E-state index contributed by atoms with van der Waals surface area (Å²) in [5, 5.41) is 0. The van der Waals surface area contributed by atoms with Crippen molar-refractivity contribution in [2.75, 3.05) is 13.1 Å². The molecule has 0 aliphatic heterocycles. The van der Waals surface area contributed by atoms with E-state index in [1.54, 1.807) is 4.90 Å². The lowest BCUT2D eigenvalue weighted by Gasteiger charge is -2.23. The van der Waals surface area contributed by atoms with Crippen LogP contribution in [0.4, 0.5) is 0 Å². The number of amides is 1. The largest absolute Gasteiger partial charge is 0.341 e. The zero-order valence-electron chi connectivity index (χ0n) is 10.4. The average molecular weight is 257 g/mol. The molecule has 96 valence electrons. The number of carbonyl (C=O) groups is 1. The van der Waals surface area contributed by atoms with Gasteiger partial charge >= 0.3 is 0 Å². The summed E-state index contributed by atoms with van der Waals surface area (Å²) >= 11 is 0. The molecule has 0 aromatic heterocycles. The molecule has 0 spiro atoms. The van der Waals surface area contributed by atoms with Crippen LogP contribution < -0.4 is 5.73 Å². The molecule has 0 fully saturated rings. The van der Waals surface area contributed by atoms with Gasteiger partial charge < -0.3 is 10.6 Å². The zero-order valence-corrected chi connectivity index (χ0v) is 11.2. The number of hydrogen-bond acceptors (Lipinski definition) is 2. The summed E-state index contributed by atoms with van der Waals surface area (Å²) < 4.78 is 0. The van der Waals surface area contributed by atoms with Gasteiger partial charge in [0.05, 0.1) is 0 Å². The van der Waals surface area contributed by atoms with Gasteiger partial charge in [0.15, 0.2) is 0 Å². The van der Waals surface area contributed by atoms with Crippen molar-refractivity contribution < 1.29 is 4.79 Å². The molecule has 0 bridgehead atoms. The normalized spacial score (nSPS) is 11.5. The Morgan fingerprint density at radius 3 is 2.35 bits per heavy atom. The van der Waals surface area contributed by atoms with Crippen LogP contribution in [-0.2, 0) is 4.79 Å². The van der Waals surface area contributed by atoms with Crippen LogP contribution in [-0.4, -0.2) is 23.9 Å². The van der Waals surface area contributed by atoms with Crippen molar-refractivity contribution >= 4 is 18.3 Å². The molecule has 1 amide bonds. The Morgan fingerprint density at radius 2 is 1.88 bits per heavy atom. The Labute approximate surface area is 109 Å².